The molecule has 2 unspecified atom stereocenters. The van der Waals surface area contributed by atoms with E-state index in [0.29, 0.717) is 27.9 Å². The van der Waals surface area contributed by atoms with Gasteiger partial charge < -0.3 is 14.8 Å². The maximum atomic E-state index is 12.2. The average Bonchev–Trinajstić information content (AvgIpc) is 2.45. The number of morpholine rings is 1. The van der Waals surface area contributed by atoms with Gasteiger partial charge in [0, 0.05) is 31.7 Å². The van der Waals surface area contributed by atoms with Gasteiger partial charge in [-0.25, -0.2) is 0 Å². The van der Waals surface area contributed by atoms with Crippen molar-refractivity contribution in [2.45, 2.75) is 26.1 Å². The van der Waals surface area contributed by atoms with Crippen LogP contribution in [0.15, 0.2) is 12.1 Å². The van der Waals surface area contributed by atoms with Crippen LogP contribution in [0.4, 0.5) is 0 Å². The van der Waals surface area contributed by atoms with Crippen molar-refractivity contribution >= 4 is 29.1 Å². The lowest BCUT2D eigenvalue weighted by Gasteiger charge is -2.35. The molecule has 0 aliphatic carbocycles. The number of benzene rings is 1. The number of carbonyl (C=O) groups excluding carboxylic acids is 1. The van der Waals surface area contributed by atoms with Gasteiger partial charge in [0.25, 0.3) is 5.91 Å². The van der Waals surface area contributed by atoms with Crippen molar-refractivity contribution in [3.63, 3.8) is 0 Å². The number of rotatable bonds is 5. The number of carbonyl (C=O) groups is 1. The summed E-state index contributed by atoms with van der Waals surface area (Å²) in [5, 5.41) is 3.53. The third-order valence-electron chi connectivity index (χ3n) is 3.67. The highest BCUT2D eigenvalue weighted by Crippen LogP contribution is 2.33. The Labute approximate surface area is 146 Å². The van der Waals surface area contributed by atoms with E-state index in [4.69, 9.17) is 32.7 Å². The van der Waals surface area contributed by atoms with Crippen LogP contribution in [0.1, 0.15) is 24.2 Å². The van der Waals surface area contributed by atoms with Crippen molar-refractivity contribution < 1.29 is 14.3 Å². The monoisotopic (exact) mass is 360 g/mol. The first-order valence-corrected chi connectivity index (χ1v) is 8.35. The number of halogens is 2. The van der Waals surface area contributed by atoms with E-state index >= 15 is 0 Å². The summed E-state index contributed by atoms with van der Waals surface area (Å²) in [6.07, 6.45) is 0.433. The summed E-state index contributed by atoms with van der Waals surface area (Å²) >= 11 is 12.1. The van der Waals surface area contributed by atoms with E-state index in [2.05, 4.69) is 24.1 Å². The lowest BCUT2D eigenvalue weighted by molar-refractivity contribution is -0.0672. The van der Waals surface area contributed by atoms with Gasteiger partial charge in [-0.3, -0.25) is 9.69 Å². The minimum Gasteiger partial charge on any atom is -0.494 e. The first-order valence-electron chi connectivity index (χ1n) is 7.59. The molecule has 1 heterocycles. The number of hydrogen-bond donors (Lipinski definition) is 1. The molecule has 0 saturated carbocycles. The fraction of sp³-hybridized carbons (Fsp3) is 0.562. The number of methoxy groups -OCH3 is 1. The normalized spacial score (nSPS) is 22.0. The predicted molar refractivity (Wildman–Crippen MR) is 91.8 cm³/mol. The standard InChI is InChI=1S/C16H22Cl2N2O3/c1-10-8-20(9-11(2)23-10)5-4-19-16(21)12-6-13(17)15(22-3)14(18)7-12/h6-7,10-11H,4-5,8-9H2,1-3H3,(H,19,21). The van der Waals surface area contributed by atoms with E-state index in [1.807, 2.05) is 0 Å². The summed E-state index contributed by atoms with van der Waals surface area (Å²) in [5.74, 6) is 0.173. The highest BCUT2D eigenvalue weighted by Gasteiger charge is 2.21. The van der Waals surface area contributed by atoms with Gasteiger partial charge in [-0.05, 0) is 26.0 Å². The van der Waals surface area contributed by atoms with Crippen LogP contribution in [0, 0.1) is 0 Å². The van der Waals surface area contributed by atoms with Crippen LogP contribution in [0.3, 0.4) is 0 Å². The third-order valence-corrected chi connectivity index (χ3v) is 4.23. The number of amides is 1. The highest BCUT2D eigenvalue weighted by atomic mass is 35.5. The first kappa shape index (κ1) is 18.3. The Hall–Kier alpha value is -1.01. The fourth-order valence-corrected chi connectivity index (χ4v) is 3.42. The van der Waals surface area contributed by atoms with E-state index in [-0.39, 0.29) is 18.1 Å². The molecule has 0 aromatic heterocycles. The van der Waals surface area contributed by atoms with Crippen molar-refractivity contribution in [3.05, 3.63) is 27.7 Å². The molecule has 1 saturated heterocycles. The van der Waals surface area contributed by atoms with Gasteiger partial charge in [0.15, 0.2) is 5.75 Å². The van der Waals surface area contributed by atoms with Gasteiger partial charge in [0.1, 0.15) is 0 Å². The molecule has 1 aliphatic rings. The van der Waals surface area contributed by atoms with E-state index in [1.165, 1.54) is 7.11 Å². The SMILES string of the molecule is COc1c(Cl)cc(C(=O)NCCN2CC(C)OC(C)C2)cc1Cl. The smallest absolute Gasteiger partial charge is 0.251 e. The van der Waals surface area contributed by atoms with Crippen molar-refractivity contribution in [1.82, 2.24) is 10.2 Å². The second-order valence-corrected chi connectivity index (χ2v) is 6.56. The molecule has 23 heavy (non-hydrogen) atoms. The molecule has 2 rings (SSSR count). The summed E-state index contributed by atoms with van der Waals surface area (Å²) < 4.78 is 10.8. The van der Waals surface area contributed by atoms with Crippen LogP contribution < -0.4 is 10.1 Å². The maximum absolute atomic E-state index is 12.2. The number of hydrogen-bond acceptors (Lipinski definition) is 4. The summed E-state index contributed by atoms with van der Waals surface area (Å²) in [4.78, 5) is 14.5. The molecule has 1 fully saturated rings. The van der Waals surface area contributed by atoms with E-state index < -0.39 is 0 Å². The predicted octanol–water partition coefficient (Wildman–Crippen LogP) is 2.84. The molecular weight excluding hydrogens is 339 g/mol. The zero-order valence-corrected chi connectivity index (χ0v) is 15.1. The molecule has 0 bridgehead atoms. The van der Waals surface area contributed by atoms with Crippen LogP contribution in [0.25, 0.3) is 0 Å². The molecule has 5 nitrogen and oxygen atoms in total. The molecule has 128 valence electrons. The van der Waals surface area contributed by atoms with Crippen LogP contribution in [0.2, 0.25) is 10.0 Å². The van der Waals surface area contributed by atoms with Gasteiger partial charge in [-0.1, -0.05) is 23.2 Å². The molecule has 0 spiro atoms. The molecular formula is C16H22Cl2N2O3. The molecule has 0 radical (unpaired) electrons. The Bertz CT molecular complexity index is 535. The Kier molecular flexibility index (Phi) is 6.53. The van der Waals surface area contributed by atoms with E-state index in [1.54, 1.807) is 12.1 Å². The second kappa shape index (κ2) is 8.20. The first-order chi connectivity index (χ1) is 10.9. The maximum Gasteiger partial charge on any atom is 0.251 e. The topological polar surface area (TPSA) is 50.8 Å². The van der Waals surface area contributed by atoms with Gasteiger partial charge in [0.2, 0.25) is 0 Å². The van der Waals surface area contributed by atoms with Crippen LogP contribution >= 0.6 is 23.2 Å². The van der Waals surface area contributed by atoms with Crippen LogP contribution in [-0.4, -0.2) is 56.3 Å². The Morgan fingerprint density at radius 1 is 1.30 bits per heavy atom. The Balaban J connectivity index is 1.88. The lowest BCUT2D eigenvalue weighted by atomic mass is 10.2. The minimum absolute atomic E-state index is 0.203. The minimum atomic E-state index is -0.203. The van der Waals surface area contributed by atoms with Crippen molar-refractivity contribution in [3.8, 4) is 5.75 Å². The van der Waals surface area contributed by atoms with Gasteiger partial charge in [-0.2, -0.15) is 0 Å². The van der Waals surface area contributed by atoms with Crippen molar-refractivity contribution in [2.24, 2.45) is 0 Å². The lowest BCUT2D eigenvalue weighted by Crippen LogP contribution is -2.47. The Morgan fingerprint density at radius 2 is 1.87 bits per heavy atom. The summed E-state index contributed by atoms with van der Waals surface area (Å²) in [6.45, 7) is 7.20. The molecule has 1 amide bonds. The van der Waals surface area contributed by atoms with Gasteiger partial charge in [0.05, 0.1) is 29.4 Å². The van der Waals surface area contributed by atoms with Crippen molar-refractivity contribution in [1.29, 1.82) is 0 Å². The summed E-state index contributed by atoms with van der Waals surface area (Å²) in [6, 6.07) is 3.11. The molecule has 1 aromatic carbocycles. The third kappa shape index (κ3) is 4.98. The molecule has 1 N–H and O–H groups in total. The largest absolute Gasteiger partial charge is 0.494 e. The Morgan fingerprint density at radius 3 is 2.39 bits per heavy atom. The number of nitrogens with one attached hydrogen (secondary N) is 1. The summed E-state index contributed by atoms with van der Waals surface area (Å²) in [5.41, 5.74) is 0.421. The van der Waals surface area contributed by atoms with Crippen LogP contribution in [-0.2, 0) is 4.74 Å². The highest BCUT2D eigenvalue weighted by molar-refractivity contribution is 6.37. The van der Waals surface area contributed by atoms with E-state index in [0.717, 1.165) is 19.6 Å². The van der Waals surface area contributed by atoms with Gasteiger partial charge in [-0.15, -0.1) is 0 Å². The zero-order chi connectivity index (χ0) is 17.0. The average molecular weight is 361 g/mol. The molecule has 7 heteroatoms. The molecule has 1 aliphatic heterocycles. The quantitative estimate of drug-likeness (QED) is 0.876. The molecule has 2 atom stereocenters. The number of ether oxygens (including phenoxy) is 2. The van der Waals surface area contributed by atoms with Crippen LogP contribution in [0.5, 0.6) is 5.75 Å². The van der Waals surface area contributed by atoms with E-state index in [9.17, 15) is 4.79 Å². The fourth-order valence-electron chi connectivity index (χ4n) is 2.78. The number of nitrogens with zero attached hydrogens (tertiary/aromatic N) is 1. The zero-order valence-electron chi connectivity index (χ0n) is 13.6. The van der Waals surface area contributed by atoms with Gasteiger partial charge >= 0.3 is 0 Å². The molecule has 1 aromatic rings. The van der Waals surface area contributed by atoms with Crippen molar-refractivity contribution in [2.75, 3.05) is 33.3 Å². The summed E-state index contributed by atoms with van der Waals surface area (Å²) in [7, 11) is 1.48. The second-order valence-electron chi connectivity index (χ2n) is 5.75.